The lowest BCUT2D eigenvalue weighted by molar-refractivity contribution is -0.774. The molecule has 122 valence electrons. The molecule has 1 rings (SSSR count). The monoisotopic (exact) mass is 693 g/mol. The molecule has 0 radical (unpaired) electrons. The quantitative estimate of drug-likeness (QED) is 0.166. The van der Waals surface area contributed by atoms with Gasteiger partial charge in [0.2, 0.25) is 0 Å². The maximum atomic E-state index is 5.51. The van der Waals surface area contributed by atoms with E-state index in [1.54, 1.807) is 0 Å². The van der Waals surface area contributed by atoms with Crippen LogP contribution in [-0.2, 0) is 0 Å². The Morgan fingerprint density at radius 2 is 1.37 bits per heavy atom. The Morgan fingerprint density at radius 3 is 1.53 bits per heavy atom. The van der Waals surface area contributed by atoms with E-state index in [0.29, 0.717) is 11.8 Å². The van der Waals surface area contributed by atoms with Crippen LogP contribution in [-0.4, -0.2) is 73.8 Å². The normalized spacial score (nSPS) is 13.9. The highest BCUT2D eigenvalue weighted by atomic mass is 128. The van der Waals surface area contributed by atoms with Crippen molar-refractivity contribution in [3.8, 4) is 0 Å². The SMILES string of the molecule is CN(CCCl)CCCl.C[N+]1(CCCl)CC1.Cl.I.II. The smallest absolute Gasteiger partial charge is 0.128 e. The molecule has 0 aromatic heterocycles. The van der Waals surface area contributed by atoms with Gasteiger partial charge in [0, 0.05) is 62.1 Å². The molecule has 0 bridgehead atoms. The zero-order valence-corrected chi connectivity index (χ0v) is 21.0. The van der Waals surface area contributed by atoms with Gasteiger partial charge in [-0.3, -0.25) is 0 Å². The average Bonchev–Trinajstić information content (AvgIpc) is 3.01. The Kier molecular flexibility index (Phi) is 33.8. The minimum absolute atomic E-state index is 0. The second-order valence-corrected chi connectivity index (χ2v) is 5.29. The topological polar surface area (TPSA) is 3.24 Å². The fourth-order valence-electron chi connectivity index (χ4n) is 0.999. The molecular weight excluding hydrogens is 671 g/mol. The number of likely N-dealkylation sites (N-methyl/N-ethyl adjacent to an activating group) is 1. The fourth-order valence-corrected chi connectivity index (χ4v) is 1.98. The van der Waals surface area contributed by atoms with Gasteiger partial charge in [-0.2, -0.15) is 0 Å². The van der Waals surface area contributed by atoms with E-state index in [1.807, 2.05) is 7.05 Å². The van der Waals surface area contributed by atoms with Crippen LogP contribution in [0.25, 0.3) is 0 Å². The molecule has 0 unspecified atom stereocenters. The highest BCUT2D eigenvalue weighted by molar-refractivity contribution is 15.0. The standard InChI is InChI=1S/C5H11Cl2N.C5H11ClN.ClH.I2.HI/c1-8(4-2-6)5-3-7;1-7(3-2-6)4-5-7;;1-2;/h2-5H2,1H3;2-5H2,1H3;1H;;1H/q;+1;;;. The van der Waals surface area contributed by atoms with Crippen molar-refractivity contribution >= 4 is 108 Å². The minimum Gasteiger partial charge on any atom is -0.316 e. The molecule has 0 aromatic rings. The molecular formula is C10H24Cl4I3N2+. The van der Waals surface area contributed by atoms with Crippen LogP contribution < -0.4 is 0 Å². The van der Waals surface area contributed by atoms with Crippen LogP contribution in [0.5, 0.6) is 0 Å². The summed E-state index contributed by atoms with van der Waals surface area (Å²) in [6.45, 7) is 5.68. The van der Waals surface area contributed by atoms with E-state index < -0.39 is 0 Å². The second kappa shape index (κ2) is 21.3. The van der Waals surface area contributed by atoms with Gasteiger partial charge in [-0.1, -0.05) is 0 Å². The highest BCUT2D eigenvalue weighted by Crippen LogP contribution is 2.15. The summed E-state index contributed by atoms with van der Waals surface area (Å²) in [4.78, 5) is 2.10. The molecule has 1 aliphatic rings. The molecule has 1 aliphatic heterocycles. The molecule has 0 saturated carbocycles. The van der Waals surface area contributed by atoms with Gasteiger partial charge < -0.3 is 9.38 Å². The van der Waals surface area contributed by atoms with Crippen molar-refractivity contribution < 1.29 is 4.48 Å². The van der Waals surface area contributed by atoms with E-state index >= 15 is 0 Å². The predicted molar refractivity (Wildman–Crippen MR) is 121 cm³/mol. The summed E-state index contributed by atoms with van der Waals surface area (Å²) in [6.07, 6.45) is 0. The summed E-state index contributed by atoms with van der Waals surface area (Å²) in [7, 11) is 4.24. The van der Waals surface area contributed by atoms with Crippen LogP contribution in [0.15, 0.2) is 0 Å². The summed E-state index contributed by atoms with van der Waals surface area (Å²) in [5.41, 5.74) is 0. The third-order valence-electron chi connectivity index (χ3n) is 2.54. The lowest BCUT2D eigenvalue weighted by Gasteiger charge is -2.11. The Bertz CT molecular complexity index is 160. The molecule has 0 amide bonds. The first-order valence-electron chi connectivity index (χ1n) is 5.42. The second-order valence-electron chi connectivity index (χ2n) is 4.16. The number of rotatable bonds is 6. The molecule has 1 saturated heterocycles. The Balaban J connectivity index is -0.0000000959. The van der Waals surface area contributed by atoms with E-state index in [2.05, 4.69) is 49.2 Å². The van der Waals surface area contributed by atoms with Crippen LogP contribution in [0.3, 0.4) is 0 Å². The molecule has 19 heavy (non-hydrogen) atoms. The maximum Gasteiger partial charge on any atom is 0.128 e. The van der Waals surface area contributed by atoms with Crippen molar-refractivity contribution in [3.63, 3.8) is 0 Å². The van der Waals surface area contributed by atoms with Crippen molar-refractivity contribution in [2.75, 3.05) is 64.5 Å². The zero-order valence-electron chi connectivity index (χ0n) is 11.3. The van der Waals surface area contributed by atoms with Crippen LogP contribution in [0.1, 0.15) is 0 Å². The van der Waals surface area contributed by atoms with E-state index in [1.165, 1.54) is 17.6 Å². The molecule has 9 heteroatoms. The Morgan fingerprint density at radius 1 is 1.00 bits per heavy atom. The molecule has 0 aliphatic carbocycles. The van der Waals surface area contributed by atoms with Crippen LogP contribution in [0, 0.1) is 0 Å². The molecule has 0 atom stereocenters. The van der Waals surface area contributed by atoms with Gasteiger partial charge in [0.15, 0.2) is 0 Å². The Labute approximate surface area is 180 Å². The van der Waals surface area contributed by atoms with Crippen molar-refractivity contribution in [2.45, 2.75) is 0 Å². The number of nitrogens with zero attached hydrogens (tertiary/aromatic N) is 2. The predicted octanol–water partition coefficient (Wildman–Crippen LogP) is 4.89. The lowest BCUT2D eigenvalue weighted by atomic mass is 10.6. The highest BCUT2D eigenvalue weighted by Gasteiger charge is 2.35. The van der Waals surface area contributed by atoms with Crippen molar-refractivity contribution in [1.82, 2.24) is 4.90 Å². The van der Waals surface area contributed by atoms with Crippen molar-refractivity contribution in [1.29, 1.82) is 0 Å². The lowest BCUT2D eigenvalue weighted by Crippen LogP contribution is -2.22. The third-order valence-corrected chi connectivity index (χ3v) is 3.05. The Hall–Kier alpha value is 3.27. The van der Waals surface area contributed by atoms with Gasteiger partial charge in [-0.25, -0.2) is 0 Å². The van der Waals surface area contributed by atoms with Gasteiger partial charge in [0.25, 0.3) is 0 Å². The van der Waals surface area contributed by atoms with Crippen molar-refractivity contribution in [2.24, 2.45) is 0 Å². The fraction of sp³-hybridized carbons (Fsp3) is 1.00. The number of hydrogen-bond donors (Lipinski definition) is 0. The first-order valence-corrected chi connectivity index (χ1v) is 13.3. The number of halogens is 7. The van der Waals surface area contributed by atoms with Gasteiger partial charge in [0.1, 0.15) is 13.1 Å². The summed E-state index contributed by atoms with van der Waals surface area (Å²) in [6, 6.07) is 0. The molecule has 1 fully saturated rings. The number of quaternary nitrogens is 1. The summed E-state index contributed by atoms with van der Waals surface area (Å²) < 4.78 is 1.21. The third kappa shape index (κ3) is 23.7. The molecule has 0 spiro atoms. The van der Waals surface area contributed by atoms with Gasteiger partial charge in [-0.05, 0) is 7.05 Å². The van der Waals surface area contributed by atoms with Crippen molar-refractivity contribution in [3.05, 3.63) is 0 Å². The van der Waals surface area contributed by atoms with Gasteiger partial charge >= 0.3 is 0 Å². The average molecular weight is 695 g/mol. The molecule has 0 N–H and O–H groups in total. The zero-order chi connectivity index (χ0) is 13.7. The molecule has 0 aromatic carbocycles. The largest absolute Gasteiger partial charge is 0.316 e. The number of alkyl halides is 3. The molecule has 2 nitrogen and oxygen atoms in total. The van der Waals surface area contributed by atoms with E-state index in [-0.39, 0.29) is 36.4 Å². The number of hydrogen-bond acceptors (Lipinski definition) is 1. The van der Waals surface area contributed by atoms with E-state index in [0.717, 1.165) is 25.5 Å². The summed E-state index contributed by atoms with van der Waals surface area (Å²) in [5, 5.41) is 0. The molecule has 1 heterocycles. The van der Waals surface area contributed by atoms with E-state index in [4.69, 9.17) is 34.8 Å². The van der Waals surface area contributed by atoms with E-state index in [9.17, 15) is 0 Å². The first-order chi connectivity index (χ1) is 8.08. The maximum absolute atomic E-state index is 5.51. The minimum atomic E-state index is 0. The van der Waals surface area contributed by atoms with Crippen LogP contribution >= 0.6 is 108 Å². The first kappa shape index (κ1) is 30.2. The summed E-state index contributed by atoms with van der Waals surface area (Å²) >= 11 is 20.6. The van der Waals surface area contributed by atoms with Gasteiger partial charge in [0.05, 0.1) is 19.5 Å². The van der Waals surface area contributed by atoms with Gasteiger partial charge in [-0.15, -0.1) is 71.2 Å². The van der Waals surface area contributed by atoms with Crippen LogP contribution in [0.2, 0.25) is 0 Å². The summed E-state index contributed by atoms with van der Waals surface area (Å²) in [5.74, 6) is 2.19. The van der Waals surface area contributed by atoms with Crippen LogP contribution in [0.4, 0.5) is 0 Å².